The molecule has 12 heteroatoms. The predicted octanol–water partition coefficient (Wildman–Crippen LogP) is -0.961. The Balaban J connectivity index is 1.22. The van der Waals surface area contributed by atoms with Crippen LogP contribution in [0, 0.1) is 11.8 Å². The Labute approximate surface area is 214 Å². The molecule has 3 amide bonds. The second kappa shape index (κ2) is 9.96. The maximum absolute atomic E-state index is 13.1. The molecule has 6 N–H and O–H groups in total. The van der Waals surface area contributed by atoms with E-state index < -0.39 is 17.9 Å². The first-order valence-corrected chi connectivity index (χ1v) is 13.8. The molecule has 4 fully saturated rings. The minimum absolute atomic E-state index is 0.0276. The van der Waals surface area contributed by atoms with Crippen LogP contribution in [0.5, 0.6) is 0 Å². The summed E-state index contributed by atoms with van der Waals surface area (Å²) in [6, 6.07) is -0.549. The van der Waals surface area contributed by atoms with E-state index in [1.807, 2.05) is 13.8 Å². The van der Waals surface area contributed by atoms with Gasteiger partial charge in [0.1, 0.15) is 5.70 Å². The number of likely N-dealkylation sites (tertiary alicyclic amines) is 1. The molecule has 0 spiro atoms. The van der Waals surface area contributed by atoms with Gasteiger partial charge in [0.25, 0.3) is 0 Å². The number of rotatable bonds is 9. The summed E-state index contributed by atoms with van der Waals surface area (Å²) >= 11 is 1.47. The van der Waals surface area contributed by atoms with Crippen molar-refractivity contribution in [3.63, 3.8) is 0 Å². The Kier molecular flexibility index (Phi) is 7.05. The number of nitrogens with zero attached hydrogens (tertiary/aromatic N) is 2. The van der Waals surface area contributed by atoms with E-state index in [0.29, 0.717) is 37.0 Å². The highest BCUT2D eigenvalue weighted by Crippen LogP contribution is 2.51. The molecule has 0 radical (unpaired) electrons. The Hall–Kier alpha value is -2.15. The van der Waals surface area contributed by atoms with Crippen molar-refractivity contribution in [1.29, 1.82) is 0 Å². The third kappa shape index (κ3) is 4.75. The summed E-state index contributed by atoms with van der Waals surface area (Å²) < 4.78 is 0. The summed E-state index contributed by atoms with van der Waals surface area (Å²) in [4.78, 5) is 54.4. The first-order valence-electron chi connectivity index (χ1n) is 12.9. The van der Waals surface area contributed by atoms with Gasteiger partial charge in [-0.05, 0) is 32.6 Å². The van der Waals surface area contributed by atoms with Crippen LogP contribution >= 0.6 is 11.8 Å². The monoisotopic (exact) mass is 520 g/mol. The van der Waals surface area contributed by atoms with Gasteiger partial charge in [0.2, 0.25) is 17.7 Å². The fourth-order valence-corrected chi connectivity index (χ4v) is 7.46. The third-order valence-electron chi connectivity index (χ3n) is 8.07. The molecule has 1 saturated carbocycles. The molecule has 7 atom stereocenters. The van der Waals surface area contributed by atoms with Gasteiger partial charge in [-0.1, -0.05) is 6.92 Å². The lowest BCUT2D eigenvalue weighted by atomic mass is 9.78. The van der Waals surface area contributed by atoms with Gasteiger partial charge in [0.15, 0.2) is 0 Å². The van der Waals surface area contributed by atoms with Crippen molar-refractivity contribution in [3.05, 3.63) is 10.6 Å². The summed E-state index contributed by atoms with van der Waals surface area (Å²) in [5, 5.41) is 19.4. The number of aliphatic carboxylic acids is 1. The maximum atomic E-state index is 13.1. The van der Waals surface area contributed by atoms with E-state index in [9.17, 15) is 24.3 Å². The van der Waals surface area contributed by atoms with Gasteiger partial charge < -0.3 is 36.6 Å². The van der Waals surface area contributed by atoms with Crippen LogP contribution in [0.3, 0.4) is 0 Å². The first kappa shape index (κ1) is 25.5. The summed E-state index contributed by atoms with van der Waals surface area (Å²) in [6.07, 6.45) is 3.58. The normalized spacial score (nSPS) is 34.6. The zero-order valence-corrected chi connectivity index (χ0v) is 21.6. The van der Waals surface area contributed by atoms with Crippen LogP contribution in [0.4, 0.5) is 0 Å². The molecule has 1 unspecified atom stereocenters. The second-order valence-corrected chi connectivity index (χ2v) is 12.2. The van der Waals surface area contributed by atoms with Gasteiger partial charge >= 0.3 is 5.97 Å². The Bertz CT molecular complexity index is 986. The highest BCUT2D eigenvalue weighted by atomic mass is 32.2. The number of carbonyl (C=O) groups is 4. The Morgan fingerprint density at radius 3 is 2.67 bits per heavy atom. The number of thioether (sulfide) groups is 1. The number of nitrogens with two attached hydrogens (primary N) is 1. The topological polar surface area (TPSA) is 157 Å². The molecular weight excluding hydrogens is 484 g/mol. The Morgan fingerprint density at radius 2 is 2.03 bits per heavy atom. The maximum Gasteiger partial charge on any atom is 0.353 e. The van der Waals surface area contributed by atoms with Gasteiger partial charge in [-0.25, -0.2) is 4.79 Å². The number of fused-ring (bicyclic) bond motifs is 1. The van der Waals surface area contributed by atoms with Gasteiger partial charge in [-0.2, -0.15) is 0 Å². The number of amides is 3. The molecule has 3 saturated heterocycles. The van der Waals surface area contributed by atoms with Gasteiger partial charge in [0, 0.05) is 53.8 Å². The molecular formula is C24H36N6O5S. The zero-order chi connectivity index (χ0) is 25.7. The molecule has 0 aromatic carbocycles. The number of carboxylic acids is 1. The first-order chi connectivity index (χ1) is 17.2. The van der Waals surface area contributed by atoms with Crippen molar-refractivity contribution < 1.29 is 24.3 Å². The number of hydrogen-bond acceptors (Lipinski definition) is 8. The van der Waals surface area contributed by atoms with Gasteiger partial charge in [-0.15, -0.1) is 11.8 Å². The molecule has 5 aliphatic rings. The van der Waals surface area contributed by atoms with Crippen molar-refractivity contribution in [1.82, 2.24) is 25.8 Å². The molecule has 0 aromatic heterocycles. The van der Waals surface area contributed by atoms with Crippen molar-refractivity contribution in [2.24, 2.45) is 17.6 Å². The molecule has 11 nitrogen and oxygen atoms in total. The van der Waals surface area contributed by atoms with Crippen LogP contribution < -0.4 is 21.7 Å². The minimum Gasteiger partial charge on any atom is -0.477 e. The quantitative estimate of drug-likeness (QED) is 0.242. The largest absolute Gasteiger partial charge is 0.477 e. The summed E-state index contributed by atoms with van der Waals surface area (Å²) in [5.41, 5.74) is 6.00. The van der Waals surface area contributed by atoms with E-state index in [1.165, 1.54) is 16.7 Å². The molecule has 198 valence electrons. The van der Waals surface area contributed by atoms with Crippen LogP contribution in [-0.2, 0) is 19.2 Å². The lowest BCUT2D eigenvalue weighted by Crippen LogP contribution is -2.66. The number of carbonyl (C=O) groups excluding carboxylic acids is 3. The smallest absolute Gasteiger partial charge is 0.353 e. The molecule has 0 bridgehead atoms. The number of nitrogens with one attached hydrogen (secondary N) is 3. The van der Waals surface area contributed by atoms with Crippen LogP contribution in [0.15, 0.2) is 10.6 Å². The fraction of sp³-hybridized carbons (Fsp3) is 0.750. The highest BCUT2D eigenvalue weighted by Gasteiger charge is 2.60. The summed E-state index contributed by atoms with van der Waals surface area (Å²) in [5.74, 6) is -2.11. The summed E-state index contributed by atoms with van der Waals surface area (Å²) in [7, 11) is 0. The lowest BCUT2D eigenvalue weighted by molar-refractivity contribution is -0.158. The standard InChI is InChI=1S/C24H36N6O5S/c1-11-19-18(12(2)28-17(31)9-26-14-3-4-14)23(33)30(19)20(24(34)35)21(11)36-15-7-16(27-8-15)22(32)29-6-5-13(25)10-29/h11-16,18-19,26-27H,3-10,25H2,1-2H3,(H,28,31)(H,34,35)/t11-,12-,13?,15+,16+,18-,19-/m1/s1. The van der Waals surface area contributed by atoms with E-state index in [4.69, 9.17) is 5.73 Å². The average molecular weight is 521 g/mol. The molecule has 1 aliphatic carbocycles. The molecule has 36 heavy (non-hydrogen) atoms. The molecule has 4 heterocycles. The number of hydrogen-bond donors (Lipinski definition) is 5. The number of carboxylic acid groups (broad SMARTS) is 1. The van der Waals surface area contributed by atoms with Crippen LogP contribution in [-0.4, -0.2) is 100 Å². The second-order valence-electron chi connectivity index (χ2n) is 10.8. The van der Waals surface area contributed by atoms with E-state index >= 15 is 0 Å². The number of β-lactam (4-membered cyclic amide) rings is 1. The van der Waals surface area contributed by atoms with Crippen LogP contribution in [0.2, 0.25) is 0 Å². The van der Waals surface area contributed by atoms with Gasteiger partial charge in [-0.3, -0.25) is 14.4 Å². The van der Waals surface area contributed by atoms with Crippen LogP contribution in [0.1, 0.15) is 39.5 Å². The van der Waals surface area contributed by atoms with Crippen molar-refractivity contribution >= 4 is 35.5 Å². The average Bonchev–Trinajstić information content (AvgIpc) is 3.26. The van der Waals surface area contributed by atoms with Crippen LogP contribution in [0.25, 0.3) is 0 Å². The van der Waals surface area contributed by atoms with E-state index in [-0.39, 0.29) is 59.3 Å². The summed E-state index contributed by atoms with van der Waals surface area (Å²) in [6.45, 7) is 5.83. The van der Waals surface area contributed by atoms with Gasteiger partial charge in [0.05, 0.1) is 24.5 Å². The SMILES string of the molecule is C[C@@H](NC(=O)CNC1CC1)[C@H]1C(=O)N2C(C(=O)O)=C(S[C@@H]3CN[C@H](C(=O)N4CCC(N)C4)C3)[C@H](C)[C@H]12. The molecule has 4 aliphatic heterocycles. The molecule has 0 aromatic rings. The van der Waals surface area contributed by atoms with Crippen molar-refractivity contribution in [2.75, 3.05) is 26.2 Å². The van der Waals surface area contributed by atoms with Crippen molar-refractivity contribution in [2.45, 2.75) is 75.0 Å². The van der Waals surface area contributed by atoms with E-state index in [1.54, 1.807) is 4.90 Å². The van der Waals surface area contributed by atoms with E-state index in [2.05, 4.69) is 16.0 Å². The predicted molar refractivity (Wildman–Crippen MR) is 134 cm³/mol. The minimum atomic E-state index is -1.12. The van der Waals surface area contributed by atoms with Crippen molar-refractivity contribution in [3.8, 4) is 0 Å². The highest BCUT2D eigenvalue weighted by molar-refractivity contribution is 8.03. The molecule has 5 rings (SSSR count). The lowest BCUT2D eigenvalue weighted by Gasteiger charge is -2.47. The zero-order valence-electron chi connectivity index (χ0n) is 20.7. The third-order valence-corrected chi connectivity index (χ3v) is 9.58. The Morgan fingerprint density at radius 1 is 1.28 bits per heavy atom. The van der Waals surface area contributed by atoms with E-state index in [0.717, 1.165) is 19.3 Å². The fourth-order valence-electron chi connectivity index (χ4n) is 5.98.